The van der Waals surface area contributed by atoms with E-state index < -0.39 is 0 Å². The van der Waals surface area contributed by atoms with E-state index in [1.165, 1.54) is 12.7 Å². The van der Waals surface area contributed by atoms with Gasteiger partial charge in [0.2, 0.25) is 5.75 Å². The summed E-state index contributed by atoms with van der Waals surface area (Å²) in [6, 6.07) is 3.84. The van der Waals surface area contributed by atoms with Gasteiger partial charge in [-0.15, -0.1) is 0 Å². The minimum absolute atomic E-state index is 0.452. The fraction of sp³-hybridized carbons (Fsp3) is 0.182. The summed E-state index contributed by atoms with van der Waals surface area (Å²) in [6.07, 6.45) is 6.75. The number of benzene rings is 1. The highest BCUT2D eigenvalue weighted by atomic mass is 127. The first-order valence-electron chi connectivity index (χ1n) is 9.94. The molecule has 5 aromatic rings. The van der Waals surface area contributed by atoms with Crippen LogP contribution in [0.4, 0.5) is 0 Å². The molecule has 13 heteroatoms. The van der Waals surface area contributed by atoms with E-state index in [0.717, 1.165) is 34.8 Å². The Balaban J connectivity index is 0.000000218. The van der Waals surface area contributed by atoms with Crippen molar-refractivity contribution in [1.29, 1.82) is 0 Å². The zero-order valence-corrected chi connectivity index (χ0v) is 24.5. The van der Waals surface area contributed by atoms with Crippen LogP contribution in [0.3, 0.4) is 0 Å². The molecule has 0 spiro atoms. The number of halogens is 4. The SMILES string of the molecule is COc1cc(Cn2cc(I)c3c(Cl)ncnc32)cc(OC)c1OC.Clc1ncnc2[nH]cc(I)c12. The summed E-state index contributed by atoms with van der Waals surface area (Å²) in [5, 5.41) is 2.70. The molecule has 182 valence electrons. The molecule has 0 saturated heterocycles. The van der Waals surface area contributed by atoms with Crippen molar-refractivity contribution in [2.24, 2.45) is 0 Å². The zero-order chi connectivity index (χ0) is 25.1. The van der Waals surface area contributed by atoms with Crippen molar-refractivity contribution in [1.82, 2.24) is 29.5 Å². The Bertz CT molecular complexity index is 1480. The minimum Gasteiger partial charge on any atom is -0.493 e. The average Bonchev–Trinajstić information content (AvgIpc) is 3.39. The van der Waals surface area contributed by atoms with E-state index >= 15 is 0 Å². The highest BCUT2D eigenvalue weighted by Crippen LogP contribution is 2.38. The molecule has 1 aromatic carbocycles. The lowest BCUT2D eigenvalue weighted by atomic mass is 10.1. The quantitative estimate of drug-likeness (QED) is 0.175. The molecule has 0 fully saturated rings. The van der Waals surface area contributed by atoms with Gasteiger partial charge in [0.1, 0.15) is 34.3 Å². The summed E-state index contributed by atoms with van der Waals surface area (Å²) < 4.78 is 20.2. The van der Waals surface area contributed by atoms with Crippen molar-refractivity contribution in [2.75, 3.05) is 21.3 Å². The molecule has 0 aliphatic heterocycles. The lowest BCUT2D eigenvalue weighted by molar-refractivity contribution is 0.323. The lowest BCUT2D eigenvalue weighted by Gasteiger charge is -2.14. The Morgan fingerprint density at radius 3 is 2.09 bits per heavy atom. The number of fused-ring (bicyclic) bond motifs is 2. The van der Waals surface area contributed by atoms with Crippen LogP contribution in [0.2, 0.25) is 10.3 Å². The Hall–Kier alpha value is -2.10. The van der Waals surface area contributed by atoms with E-state index in [2.05, 4.69) is 70.1 Å². The van der Waals surface area contributed by atoms with Gasteiger partial charge in [-0.3, -0.25) is 0 Å². The normalized spacial score (nSPS) is 10.8. The van der Waals surface area contributed by atoms with E-state index in [0.29, 0.717) is 34.1 Å². The van der Waals surface area contributed by atoms with Crippen LogP contribution in [0.1, 0.15) is 5.56 Å². The number of methoxy groups -OCH3 is 3. The molecule has 0 aliphatic carbocycles. The van der Waals surface area contributed by atoms with Gasteiger partial charge in [0.25, 0.3) is 0 Å². The van der Waals surface area contributed by atoms with E-state index in [4.69, 9.17) is 37.4 Å². The highest BCUT2D eigenvalue weighted by Gasteiger charge is 2.16. The topological polar surface area (TPSA) is 100.0 Å². The van der Waals surface area contributed by atoms with Crippen molar-refractivity contribution in [2.45, 2.75) is 6.54 Å². The lowest BCUT2D eigenvalue weighted by Crippen LogP contribution is -2.02. The van der Waals surface area contributed by atoms with Gasteiger partial charge in [-0.1, -0.05) is 23.2 Å². The fourth-order valence-corrected chi connectivity index (χ4v) is 5.76. The molecule has 0 amide bonds. The summed E-state index contributed by atoms with van der Waals surface area (Å²) in [6.45, 7) is 0.587. The molecule has 0 bridgehead atoms. The van der Waals surface area contributed by atoms with E-state index in [-0.39, 0.29) is 0 Å². The Kier molecular flexibility index (Phi) is 8.39. The summed E-state index contributed by atoms with van der Waals surface area (Å²) in [7, 11) is 4.78. The molecule has 0 aliphatic rings. The number of H-pyrrole nitrogens is 1. The van der Waals surface area contributed by atoms with Crippen molar-refractivity contribution in [3.05, 3.63) is 60.2 Å². The van der Waals surface area contributed by atoms with Crippen molar-refractivity contribution < 1.29 is 14.2 Å². The molecular formula is C22H18Cl2I2N6O3. The van der Waals surface area contributed by atoms with Crippen molar-refractivity contribution in [3.63, 3.8) is 0 Å². The van der Waals surface area contributed by atoms with Gasteiger partial charge in [-0.25, -0.2) is 19.9 Å². The molecule has 0 radical (unpaired) electrons. The Morgan fingerprint density at radius 2 is 1.49 bits per heavy atom. The van der Waals surface area contributed by atoms with Gasteiger partial charge in [0.05, 0.1) is 32.1 Å². The van der Waals surface area contributed by atoms with Crippen LogP contribution in [0.5, 0.6) is 17.2 Å². The zero-order valence-electron chi connectivity index (χ0n) is 18.6. The maximum atomic E-state index is 6.19. The monoisotopic (exact) mass is 738 g/mol. The van der Waals surface area contributed by atoms with Gasteiger partial charge in [0, 0.05) is 26.1 Å². The predicted octanol–water partition coefficient (Wildman–Crippen LogP) is 5.98. The first-order valence-corrected chi connectivity index (χ1v) is 12.9. The highest BCUT2D eigenvalue weighted by molar-refractivity contribution is 14.1. The van der Waals surface area contributed by atoms with E-state index in [9.17, 15) is 0 Å². The molecule has 0 unspecified atom stereocenters. The van der Waals surface area contributed by atoms with Gasteiger partial charge in [-0.2, -0.15) is 0 Å². The van der Waals surface area contributed by atoms with Crippen LogP contribution in [0, 0.1) is 7.14 Å². The number of aromatic nitrogens is 6. The first kappa shape index (κ1) is 26.0. The van der Waals surface area contributed by atoms with Crippen LogP contribution in [0.25, 0.3) is 22.1 Å². The molecule has 5 rings (SSSR count). The summed E-state index contributed by atoms with van der Waals surface area (Å²) in [5.74, 6) is 1.80. The summed E-state index contributed by atoms with van der Waals surface area (Å²) in [4.78, 5) is 19.3. The molecule has 0 atom stereocenters. The molecule has 9 nitrogen and oxygen atoms in total. The predicted molar refractivity (Wildman–Crippen MR) is 152 cm³/mol. The number of ether oxygens (including phenoxy) is 3. The number of hydrogen-bond acceptors (Lipinski definition) is 7. The van der Waals surface area contributed by atoms with Crippen molar-refractivity contribution in [3.8, 4) is 17.2 Å². The van der Waals surface area contributed by atoms with Gasteiger partial charge in [-0.05, 0) is 62.9 Å². The van der Waals surface area contributed by atoms with Gasteiger partial charge in [0.15, 0.2) is 11.5 Å². The number of nitrogens with zero attached hydrogens (tertiary/aromatic N) is 5. The standard InChI is InChI=1S/C16H15ClIN3O3.C6H3ClIN3/c1-22-11-4-9(5-12(23-2)14(11)24-3)6-21-7-10(18)13-15(17)19-8-20-16(13)21;7-5-4-3(8)1-9-6(4)11-2-10-5/h4-5,7-8H,6H2,1-3H3;1-2H,(H,9,10,11). The second-order valence-electron chi connectivity index (χ2n) is 7.03. The molecule has 4 heterocycles. The number of nitrogens with one attached hydrogen (secondary N) is 1. The maximum absolute atomic E-state index is 6.19. The van der Waals surface area contributed by atoms with Gasteiger partial charge >= 0.3 is 0 Å². The number of hydrogen-bond donors (Lipinski definition) is 1. The van der Waals surface area contributed by atoms with Gasteiger partial charge < -0.3 is 23.8 Å². The molecule has 0 saturated carbocycles. The van der Waals surface area contributed by atoms with Crippen LogP contribution in [-0.2, 0) is 6.54 Å². The second kappa shape index (κ2) is 11.3. The molecule has 35 heavy (non-hydrogen) atoms. The van der Waals surface area contributed by atoms with Crippen LogP contribution < -0.4 is 14.2 Å². The smallest absolute Gasteiger partial charge is 0.203 e. The van der Waals surface area contributed by atoms with Crippen LogP contribution in [-0.4, -0.2) is 50.8 Å². The summed E-state index contributed by atoms with van der Waals surface area (Å²) in [5.41, 5.74) is 2.56. The number of aromatic amines is 1. The van der Waals surface area contributed by atoms with E-state index in [1.807, 2.05) is 29.1 Å². The molecule has 4 aromatic heterocycles. The third-order valence-corrected chi connectivity index (χ3v) is 7.26. The molecular weight excluding hydrogens is 721 g/mol. The molecule has 1 N–H and O–H groups in total. The number of rotatable bonds is 5. The first-order chi connectivity index (χ1) is 16.9. The van der Waals surface area contributed by atoms with Crippen LogP contribution in [0.15, 0.2) is 37.2 Å². The average molecular weight is 739 g/mol. The van der Waals surface area contributed by atoms with Crippen molar-refractivity contribution >= 4 is 90.5 Å². The fourth-order valence-electron chi connectivity index (χ4n) is 3.47. The second-order valence-corrected chi connectivity index (χ2v) is 10.1. The maximum Gasteiger partial charge on any atom is 0.203 e. The Morgan fingerprint density at radius 1 is 0.857 bits per heavy atom. The van der Waals surface area contributed by atoms with Crippen LogP contribution >= 0.6 is 68.4 Å². The minimum atomic E-state index is 0.452. The van der Waals surface area contributed by atoms with E-state index in [1.54, 1.807) is 21.3 Å². The largest absolute Gasteiger partial charge is 0.493 e. The summed E-state index contributed by atoms with van der Waals surface area (Å²) >= 11 is 16.4. The third kappa shape index (κ3) is 5.37. The third-order valence-electron chi connectivity index (χ3n) is 5.01. The Labute approximate surface area is 237 Å².